The van der Waals surface area contributed by atoms with Crippen LogP contribution in [-0.2, 0) is 11.2 Å². The summed E-state index contributed by atoms with van der Waals surface area (Å²) < 4.78 is 5.19. The Morgan fingerprint density at radius 3 is 2.83 bits per heavy atom. The van der Waals surface area contributed by atoms with Crippen LogP contribution < -0.4 is 5.32 Å². The third-order valence-electron chi connectivity index (χ3n) is 2.72. The molecule has 1 unspecified atom stereocenters. The first-order valence-electron chi connectivity index (χ1n) is 6.13. The number of hydrogen-bond acceptors (Lipinski definition) is 3. The minimum absolute atomic E-state index is 0.0449. The molecule has 1 rings (SSSR count). The van der Waals surface area contributed by atoms with Gasteiger partial charge in [0.1, 0.15) is 5.76 Å². The molecule has 1 atom stereocenters. The van der Waals surface area contributed by atoms with Gasteiger partial charge in [-0.05, 0) is 25.8 Å². The molecule has 0 radical (unpaired) electrons. The number of carbonyl (C=O) groups excluding carboxylic acids is 1. The van der Waals surface area contributed by atoms with Crippen LogP contribution in [-0.4, -0.2) is 23.0 Å². The molecule has 0 saturated carbocycles. The molecular formula is C13H19NO4. The average Bonchev–Trinajstić information content (AvgIpc) is 2.76. The topological polar surface area (TPSA) is 79.5 Å². The molecule has 1 aromatic rings. The number of carboxylic acid groups (broad SMARTS) is 1. The van der Waals surface area contributed by atoms with Crippen LogP contribution in [0.5, 0.6) is 0 Å². The quantitative estimate of drug-likeness (QED) is 0.780. The summed E-state index contributed by atoms with van der Waals surface area (Å²) in [5.74, 6) is -0.301. The van der Waals surface area contributed by atoms with Crippen molar-refractivity contribution in [2.75, 3.05) is 0 Å². The van der Waals surface area contributed by atoms with E-state index in [1.165, 1.54) is 6.26 Å². The lowest BCUT2D eigenvalue weighted by Crippen LogP contribution is -2.32. The van der Waals surface area contributed by atoms with E-state index in [9.17, 15) is 9.59 Å². The number of hydrogen-bond donors (Lipinski definition) is 2. The summed E-state index contributed by atoms with van der Waals surface area (Å²) in [6, 6.07) is 1.61. The molecule has 0 aliphatic rings. The molecule has 1 aromatic heterocycles. The minimum atomic E-state index is -0.809. The number of aryl methyl sites for hydroxylation is 1. The second-order valence-electron chi connectivity index (χ2n) is 4.27. The molecule has 0 aliphatic carbocycles. The lowest BCUT2D eigenvalue weighted by Gasteiger charge is -2.12. The molecule has 18 heavy (non-hydrogen) atoms. The van der Waals surface area contributed by atoms with E-state index in [-0.39, 0.29) is 18.4 Å². The van der Waals surface area contributed by atoms with Gasteiger partial charge in [0.15, 0.2) is 0 Å². The summed E-state index contributed by atoms with van der Waals surface area (Å²) in [7, 11) is 0. The van der Waals surface area contributed by atoms with Crippen molar-refractivity contribution in [3.8, 4) is 0 Å². The summed E-state index contributed by atoms with van der Waals surface area (Å²) in [5.41, 5.74) is 0.558. The molecule has 5 nitrogen and oxygen atoms in total. The van der Waals surface area contributed by atoms with Crippen LogP contribution in [0.15, 0.2) is 16.7 Å². The SMILES string of the molecule is CCc1occc1C(=O)NC(C)CCCC(=O)O. The highest BCUT2D eigenvalue weighted by Crippen LogP contribution is 2.11. The van der Waals surface area contributed by atoms with Gasteiger partial charge >= 0.3 is 5.97 Å². The van der Waals surface area contributed by atoms with Gasteiger partial charge in [0.25, 0.3) is 5.91 Å². The Morgan fingerprint density at radius 1 is 1.50 bits per heavy atom. The monoisotopic (exact) mass is 253 g/mol. The summed E-state index contributed by atoms with van der Waals surface area (Å²) in [6.45, 7) is 3.79. The summed E-state index contributed by atoms with van der Waals surface area (Å²) in [5, 5.41) is 11.4. The van der Waals surface area contributed by atoms with Crippen molar-refractivity contribution in [3.05, 3.63) is 23.7 Å². The maximum Gasteiger partial charge on any atom is 0.303 e. The van der Waals surface area contributed by atoms with Gasteiger partial charge in [0, 0.05) is 18.9 Å². The van der Waals surface area contributed by atoms with Gasteiger partial charge < -0.3 is 14.8 Å². The molecule has 0 saturated heterocycles. The minimum Gasteiger partial charge on any atom is -0.481 e. The maximum absolute atomic E-state index is 11.9. The Kier molecular flexibility index (Phi) is 5.42. The molecule has 2 N–H and O–H groups in total. The largest absolute Gasteiger partial charge is 0.481 e. The summed E-state index contributed by atoms with van der Waals surface area (Å²) in [4.78, 5) is 22.3. The highest BCUT2D eigenvalue weighted by molar-refractivity contribution is 5.95. The number of aliphatic carboxylic acids is 1. The van der Waals surface area contributed by atoms with E-state index in [1.807, 2.05) is 13.8 Å². The van der Waals surface area contributed by atoms with Gasteiger partial charge in [0.05, 0.1) is 11.8 Å². The molecule has 1 amide bonds. The first-order chi connectivity index (χ1) is 8.54. The number of carboxylic acids is 1. The number of carbonyl (C=O) groups is 2. The second-order valence-corrected chi connectivity index (χ2v) is 4.27. The second kappa shape index (κ2) is 6.83. The standard InChI is InChI=1S/C13H19NO4/c1-3-11-10(7-8-18-11)13(17)14-9(2)5-4-6-12(15)16/h7-9H,3-6H2,1-2H3,(H,14,17)(H,15,16). The fraction of sp³-hybridized carbons (Fsp3) is 0.538. The van der Waals surface area contributed by atoms with E-state index in [4.69, 9.17) is 9.52 Å². The Bertz CT molecular complexity index is 411. The molecule has 5 heteroatoms. The van der Waals surface area contributed by atoms with Gasteiger partial charge in [-0.15, -0.1) is 0 Å². The van der Waals surface area contributed by atoms with Crippen molar-refractivity contribution in [1.82, 2.24) is 5.32 Å². The van der Waals surface area contributed by atoms with Crippen molar-refractivity contribution >= 4 is 11.9 Å². The molecule has 0 bridgehead atoms. The first kappa shape index (κ1) is 14.3. The van der Waals surface area contributed by atoms with E-state index >= 15 is 0 Å². The molecule has 0 fully saturated rings. The number of amides is 1. The number of nitrogens with one attached hydrogen (secondary N) is 1. The molecule has 0 aliphatic heterocycles. The van der Waals surface area contributed by atoms with Crippen LogP contribution in [0.2, 0.25) is 0 Å². The van der Waals surface area contributed by atoms with Crippen molar-refractivity contribution in [2.24, 2.45) is 0 Å². The van der Waals surface area contributed by atoms with Crippen LogP contribution in [0, 0.1) is 0 Å². The lowest BCUT2D eigenvalue weighted by atomic mass is 10.1. The number of furan rings is 1. The van der Waals surface area contributed by atoms with Crippen molar-refractivity contribution in [3.63, 3.8) is 0 Å². The van der Waals surface area contributed by atoms with E-state index in [1.54, 1.807) is 6.07 Å². The molecule has 0 spiro atoms. The van der Waals surface area contributed by atoms with Gasteiger partial charge in [0.2, 0.25) is 0 Å². The van der Waals surface area contributed by atoms with Gasteiger partial charge in [-0.1, -0.05) is 6.92 Å². The van der Waals surface area contributed by atoms with Crippen LogP contribution in [0.4, 0.5) is 0 Å². The molecule has 0 aromatic carbocycles. The van der Waals surface area contributed by atoms with E-state index in [0.29, 0.717) is 30.6 Å². The zero-order chi connectivity index (χ0) is 13.5. The van der Waals surface area contributed by atoms with Gasteiger partial charge in [-0.2, -0.15) is 0 Å². The normalized spacial score (nSPS) is 12.1. The molecule has 1 heterocycles. The van der Waals surface area contributed by atoms with Crippen molar-refractivity contribution in [2.45, 2.75) is 45.6 Å². The van der Waals surface area contributed by atoms with E-state index < -0.39 is 5.97 Å². The average molecular weight is 253 g/mol. The lowest BCUT2D eigenvalue weighted by molar-refractivity contribution is -0.137. The van der Waals surface area contributed by atoms with Crippen molar-refractivity contribution < 1.29 is 19.1 Å². The van der Waals surface area contributed by atoms with E-state index in [0.717, 1.165) is 0 Å². The van der Waals surface area contributed by atoms with Crippen LogP contribution in [0.3, 0.4) is 0 Å². The highest BCUT2D eigenvalue weighted by atomic mass is 16.4. The Morgan fingerprint density at radius 2 is 2.22 bits per heavy atom. The Balaban J connectivity index is 2.42. The predicted octanol–water partition coefficient (Wildman–Crippen LogP) is 2.22. The number of rotatable bonds is 7. The summed E-state index contributed by atoms with van der Waals surface area (Å²) in [6.07, 6.45) is 3.51. The fourth-order valence-corrected chi connectivity index (χ4v) is 1.75. The maximum atomic E-state index is 11.9. The van der Waals surface area contributed by atoms with Crippen LogP contribution in [0.1, 0.15) is 49.2 Å². The highest BCUT2D eigenvalue weighted by Gasteiger charge is 2.15. The van der Waals surface area contributed by atoms with Crippen LogP contribution in [0.25, 0.3) is 0 Å². The Labute approximate surface area is 106 Å². The third-order valence-corrected chi connectivity index (χ3v) is 2.72. The van der Waals surface area contributed by atoms with E-state index in [2.05, 4.69) is 5.32 Å². The molecular weight excluding hydrogens is 234 g/mol. The summed E-state index contributed by atoms with van der Waals surface area (Å²) >= 11 is 0. The van der Waals surface area contributed by atoms with Crippen molar-refractivity contribution in [1.29, 1.82) is 0 Å². The fourth-order valence-electron chi connectivity index (χ4n) is 1.75. The van der Waals surface area contributed by atoms with Gasteiger partial charge in [-0.25, -0.2) is 0 Å². The predicted molar refractivity (Wildman–Crippen MR) is 66.5 cm³/mol. The Hall–Kier alpha value is -1.78. The third kappa shape index (κ3) is 4.24. The smallest absolute Gasteiger partial charge is 0.303 e. The zero-order valence-electron chi connectivity index (χ0n) is 10.7. The van der Waals surface area contributed by atoms with Gasteiger partial charge in [-0.3, -0.25) is 9.59 Å². The van der Waals surface area contributed by atoms with Crippen LogP contribution >= 0.6 is 0 Å². The first-order valence-corrected chi connectivity index (χ1v) is 6.13. The molecule has 100 valence electrons. The zero-order valence-corrected chi connectivity index (χ0v) is 10.7.